The van der Waals surface area contributed by atoms with Crippen LogP contribution >= 0.6 is 23.2 Å². The van der Waals surface area contributed by atoms with E-state index in [4.69, 9.17) is 28.3 Å². The Morgan fingerprint density at radius 1 is 1.33 bits per heavy atom. The van der Waals surface area contributed by atoms with Gasteiger partial charge in [0, 0.05) is 18.1 Å². The van der Waals surface area contributed by atoms with Crippen molar-refractivity contribution in [1.29, 1.82) is 0 Å². The number of nitrogens with zero attached hydrogens (tertiary/aromatic N) is 1. The number of piperidine rings is 1. The Hall–Kier alpha value is -1.46. The first-order chi connectivity index (χ1) is 9.88. The zero-order valence-electron chi connectivity index (χ0n) is 11.5. The molecule has 1 aromatic rings. The Morgan fingerprint density at radius 3 is 2.71 bits per heavy atom. The van der Waals surface area contributed by atoms with Crippen molar-refractivity contribution in [2.45, 2.75) is 19.8 Å². The highest BCUT2D eigenvalue weighted by Gasteiger charge is 2.28. The second-order valence-corrected chi connectivity index (χ2v) is 5.95. The second kappa shape index (κ2) is 6.54. The molecule has 0 saturated carbocycles. The molecule has 7 heteroatoms. The van der Waals surface area contributed by atoms with Gasteiger partial charge in [-0.3, -0.25) is 4.79 Å². The molecule has 1 aromatic carbocycles. The van der Waals surface area contributed by atoms with Crippen LogP contribution in [-0.4, -0.2) is 35.1 Å². The Labute approximate surface area is 132 Å². The molecule has 1 unspecified atom stereocenters. The number of rotatable bonds is 2. The number of likely N-dealkylation sites (tertiary alicyclic amines) is 1. The van der Waals surface area contributed by atoms with Crippen LogP contribution in [-0.2, 0) is 4.79 Å². The largest absolute Gasteiger partial charge is 0.481 e. The molecule has 5 nitrogen and oxygen atoms in total. The van der Waals surface area contributed by atoms with E-state index in [1.807, 2.05) is 6.92 Å². The molecule has 1 aliphatic heterocycles. The Kier molecular flexibility index (Phi) is 4.96. The topological polar surface area (TPSA) is 69.6 Å². The van der Waals surface area contributed by atoms with Gasteiger partial charge >= 0.3 is 12.0 Å². The number of carbonyl (C=O) groups excluding carboxylic acids is 1. The van der Waals surface area contributed by atoms with Gasteiger partial charge in [-0.05, 0) is 37.5 Å². The Morgan fingerprint density at radius 2 is 2.05 bits per heavy atom. The average molecular weight is 331 g/mol. The zero-order valence-corrected chi connectivity index (χ0v) is 13.0. The van der Waals surface area contributed by atoms with Crippen molar-refractivity contribution in [2.75, 3.05) is 18.4 Å². The van der Waals surface area contributed by atoms with Crippen LogP contribution in [0.25, 0.3) is 0 Å². The maximum atomic E-state index is 12.2. The third kappa shape index (κ3) is 3.80. The van der Waals surface area contributed by atoms with E-state index in [1.54, 1.807) is 12.1 Å². The van der Waals surface area contributed by atoms with Gasteiger partial charge in [-0.1, -0.05) is 23.2 Å². The van der Waals surface area contributed by atoms with Crippen LogP contribution in [0.3, 0.4) is 0 Å². The minimum absolute atomic E-state index is 0.207. The predicted octanol–water partition coefficient (Wildman–Crippen LogP) is 3.63. The Bertz CT molecular complexity index is 578. The van der Waals surface area contributed by atoms with Crippen LogP contribution in [0.5, 0.6) is 0 Å². The van der Waals surface area contributed by atoms with Crippen LogP contribution in [0.4, 0.5) is 10.5 Å². The van der Waals surface area contributed by atoms with Crippen molar-refractivity contribution in [1.82, 2.24) is 4.90 Å². The molecular weight excluding hydrogens is 315 g/mol. The number of amides is 2. The highest BCUT2D eigenvalue weighted by molar-refractivity contribution is 6.36. The number of carboxylic acids is 1. The standard InChI is InChI=1S/C14H16Cl2N2O3/c1-8-5-11(16)12(6-10(8)15)17-14(21)18-4-2-3-9(7-18)13(19)20/h5-6,9H,2-4,7H2,1H3,(H,17,21)(H,19,20). The lowest BCUT2D eigenvalue weighted by atomic mass is 9.99. The fraction of sp³-hybridized carbons (Fsp3) is 0.429. The molecule has 2 rings (SSSR count). The van der Waals surface area contributed by atoms with Gasteiger partial charge in [-0.2, -0.15) is 0 Å². The molecular formula is C14H16Cl2N2O3. The molecule has 1 aliphatic rings. The summed E-state index contributed by atoms with van der Waals surface area (Å²) in [6.07, 6.45) is 1.27. The fourth-order valence-electron chi connectivity index (χ4n) is 2.30. The van der Waals surface area contributed by atoms with Crippen LogP contribution in [0.15, 0.2) is 12.1 Å². The number of hydrogen-bond donors (Lipinski definition) is 2. The summed E-state index contributed by atoms with van der Waals surface area (Å²) in [4.78, 5) is 24.7. The Balaban J connectivity index is 2.07. The first-order valence-corrected chi connectivity index (χ1v) is 7.38. The minimum Gasteiger partial charge on any atom is -0.481 e. The predicted molar refractivity (Wildman–Crippen MR) is 82.2 cm³/mol. The molecule has 114 valence electrons. The molecule has 2 amide bonds. The molecule has 1 atom stereocenters. The number of aryl methyl sites for hydroxylation is 1. The van der Waals surface area contributed by atoms with Crippen molar-refractivity contribution in [3.63, 3.8) is 0 Å². The number of aliphatic carboxylic acids is 1. The van der Waals surface area contributed by atoms with E-state index >= 15 is 0 Å². The lowest BCUT2D eigenvalue weighted by molar-refractivity contribution is -0.143. The SMILES string of the molecule is Cc1cc(Cl)c(NC(=O)N2CCCC(C(=O)O)C2)cc1Cl. The van der Waals surface area contributed by atoms with Gasteiger partial charge in [0.2, 0.25) is 0 Å². The number of nitrogens with one attached hydrogen (secondary N) is 1. The first kappa shape index (κ1) is 15.9. The number of carboxylic acid groups (broad SMARTS) is 1. The molecule has 0 aromatic heterocycles. The lowest BCUT2D eigenvalue weighted by Gasteiger charge is -2.30. The number of benzene rings is 1. The normalized spacial score (nSPS) is 18.4. The number of hydrogen-bond acceptors (Lipinski definition) is 2. The van der Waals surface area contributed by atoms with Gasteiger partial charge in [0.05, 0.1) is 16.6 Å². The van der Waals surface area contributed by atoms with Crippen LogP contribution < -0.4 is 5.32 Å². The molecule has 1 fully saturated rings. The fourth-order valence-corrected chi connectivity index (χ4v) is 2.73. The van der Waals surface area contributed by atoms with Gasteiger partial charge in [0.25, 0.3) is 0 Å². The zero-order chi connectivity index (χ0) is 15.6. The molecule has 0 spiro atoms. The van der Waals surface area contributed by atoms with Gasteiger partial charge in [-0.15, -0.1) is 0 Å². The molecule has 0 radical (unpaired) electrons. The highest BCUT2D eigenvalue weighted by atomic mass is 35.5. The van der Waals surface area contributed by atoms with E-state index in [1.165, 1.54) is 4.90 Å². The van der Waals surface area contributed by atoms with Gasteiger partial charge in [0.15, 0.2) is 0 Å². The van der Waals surface area contributed by atoms with Crippen LogP contribution in [0.2, 0.25) is 10.0 Å². The van der Waals surface area contributed by atoms with Crippen molar-refractivity contribution in [3.05, 3.63) is 27.7 Å². The highest BCUT2D eigenvalue weighted by Crippen LogP contribution is 2.29. The van der Waals surface area contributed by atoms with E-state index in [2.05, 4.69) is 5.32 Å². The molecule has 21 heavy (non-hydrogen) atoms. The maximum Gasteiger partial charge on any atom is 0.321 e. The third-order valence-electron chi connectivity index (χ3n) is 3.55. The summed E-state index contributed by atoms with van der Waals surface area (Å²) in [6, 6.07) is 2.91. The molecule has 0 bridgehead atoms. The van der Waals surface area contributed by atoms with E-state index in [-0.39, 0.29) is 12.6 Å². The molecule has 0 aliphatic carbocycles. The number of carbonyl (C=O) groups is 2. The molecule has 1 heterocycles. The number of anilines is 1. The third-order valence-corrected chi connectivity index (χ3v) is 4.27. The van der Waals surface area contributed by atoms with Gasteiger partial charge in [-0.25, -0.2) is 4.79 Å². The van der Waals surface area contributed by atoms with Crippen LogP contribution in [0.1, 0.15) is 18.4 Å². The monoisotopic (exact) mass is 330 g/mol. The maximum absolute atomic E-state index is 12.2. The van der Waals surface area contributed by atoms with Gasteiger partial charge < -0.3 is 15.3 Å². The average Bonchev–Trinajstić information content (AvgIpc) is 2.44. The number of halogens is 2. The summed E-state index contributed by atoms with van der Waals surface area (Å²) in [5.74, 6) is -1.38. The van der Waals surface area contributed by atoms with E-state index in [9.17, 15) is 9.59 Å². The summed E-state index contributed by atoms with van der Waals surface area (Å²) >= 11 is 12.1. The quantitative estimate of drug-likeness (QED) is 0.869. The van der Waals surface area contributed by atoms with Crippen molar-refractivity contribution >= 4 is 40.9 Å². The van der Waals surface area contributed by atoms with E-state index < -0.39 is 11.9 Å². The van der Waals surface area contributed by atoms with Crippen molar-refractivity contribution in [3.8, 4) is 0 Å². The first-order valence-electron chi connectivity index (χ1n) is 6.63. The molecule has 2 N–H and O–H groups in total. The summed E-state index contributed by atoms with van der Waals surface area (Å²) in [5.41, 5.74) is 1.25. The van der Waals surface area contributed by atoms with Gasteiger partial charge in [0.1, 0.15) is 0 Å². The second-order valence-electron chi connectivity index (χ2n) is 5.13. The summed E-state index contributed by atoms with van der Waals surface area (Å²) < 4.78 is 0. The number of urea groups is 1. The van der Waals surface area contributed by atoms with Crippen LogP contribution in [0, 0.1) is 12.8 Å². The summed E-state index contributed by atoms with van der Waals surface area (Å²) in [6.45, 7) is 2.56. The van der Waals surface area contributed by atoms with Crippen molar-refractivity contribution in [2.24, 2.45) is 5.92 Å². The summed E-state index contributed by atoms with van der Waals surface area (Å²) in [7, 11) is 0. The smallest absolute Gasteiger partial charge is 0.321 e. The van der Waals surface area contributed by atoms with Crippen molar-refractivity contribution < 1.29 is 14.7 Å². The lowest BCUT2D eigenvalue weighted by Crippen LogP contribution is -2.44. The summed E-state index contributed by atoms with van der Waals surface area (Å²) in [5, 5.41) is 12.6. The van der Waals surface area contributed by atoms with E-state index in [0.717, 1.165) is 5.56 Å². The minimum atomic E-state index is -0.871. The van der Waals surface area contributed by atoms with E-state index in [0.29, 0.717) is 35.1 Å². The molecule has 1 saturated heterocycles.